The Morgan fingerprint density at radius 3 is 2.70 bits per heavy atom. The maximum Gasteiger partial charge on any atom is 0.142 e. The van der Waals surface area contributed by atoms with Crippen molar-refractivity contribution < 1.29 is 9.13 Å². The van der Waals surface area contributed by atoms with E-state index >= 15 is 0 Å². The second kappa shape index (κ2) is 10.5. The van der Waals surface area contributed by atoms with E-state index in [9.17, 15) is 4.39 Å². The fourth-order valence-electron chi connectivity index (χ4n) is 3.73. The molecular formula is C19H30ClFOSi. The average molecular weight is 357 g/mol. The number of hydrogen-bond donors (Lipinski definition) is 0. The highest BCUT2D eigenvalue weighted by atomic mass is 35.5. The zero-order valence-corrected chi connectivity index (χ0v) is 16.2. The SMILES string of the molecule is COCCCCC[Si@H]1CC[C@H](CCc2ccc(Cl)c(F)c2)CC1. The Morgan fingerprint density at radius 2 is 2.00 bits per heavy atom. The van der Waals surface area contributed by atoms with Crippen LogP contribution in [0.25, 0.3) is 0 Å². The molecule has 1 saturated heterocycles. The minimum absolute atomic E-state index is 0.228. The third kappa shape index (κ3) is 6.94. The van der Waals surface area contributed by atoms with Crippen LogP contribution in [-0.4, -0.2) is 22.5 Å². The summed E-state index contributed by atoms with van der Waals surface area (Å²) < 4.78 is 18.6. The summed E-state index contributed by atoms with van der Waals surface area (Å²) in [6.45, 7) is 0.916. The molecule has 0 saturated carbocycles. The molecule has 0 radical (unpaired) electrons. The molecule has 0 unspecified atom stereocenters. The van der Waals surface area contributed by atoms with Gasteiger partial charge in [0.15, 0.2) is 0 Å². The van der Waals surface area contributed by atoms with Gasteiger partial charge < -0.3 is 4.74 Å². The van der Waals surface area contributed by atoms with E-state index in [0.717, 1.165) is 24.5 Å². The second-order valence-corrected chi connectivity index (χ2v) is 10.9. The first-order valence-electron chi connectivity index (χ1n) is 9.12. The molecule has 0 aromatic heterocycles. The summed E-state index contributed by atoms with van der Waals surface area (Å²) in [4.78, 5) is 0. The lowest BCUT2D eigenvalue weighted by molar-refractivity contribution is 0.192. The minimum atomic E-state index is -0.448. The molecule has 23 heavy (non-hydrogen) atoms. The largest absolute Gasteiger partial charge is 0.385 e. The highest BCUT2D eigenvalue weighted by molar-refractivity contribution is 6.58. The molecule has 4 heteroatoms. The Balaban J connectivity index is 1.60. The predicted octanol–water partition coefficient (Wildman–Crippen LogP) is 5.87. The van der Waals surface area contributed by atoms with Crippen LogP contribution in [-0.2, 0) is 11.2 Å². The van der Waals surface area contributed by atoms with Gasteiger partial charge >= 0.3 is 0 Å². The van der Waals surface area contributed by atoms with Crippen molar-refractivity contribution in [2.24, 2.45) is 5.92 Å². The van der Waals surface area contributed by atoms with Crippen LogP contribution in [0.1, 0.15) is 44.1 Å². The number of rotatable bonds is 9. The van der Waals surface area contributed by atoms with Crippen molar-refractivity contribution in [2.45, 2.75) is 63.1 Å². The van der Waals surface area contributed by atoms with Gasteiger partial charge in [0.05, 0.1) is 5.02 Å². The number of unbranched alkanes of at least 4 members (excludes halogenated alkanes) is 2. The highest BCUT2D eigenvalue weighted by Gasteiger charge is 2.21. The third-order valence-corrected chi connectivity index (χ3v) is 9.08. The first-order valence-corrected chi connectivity index (χ1v) is 11.9. The Bertz CT molecular complexity index is 461. The van der Waals surface area contributed by atoms with Crippen molar-refractivity contribution >= 4 is 20.4 Å². The van der Waals surface area contributed by atoms with Crippen molar-refractivity contribution in [1.29, 1.82) is 0 Å². The zero-order chi connectivity index (χ0) is 16.5. The fourth-order valence-corrected chi connectivity index (χ4v) is 7.47. The van der Waals surface area contributed by atoms with Crippen LogP contribution in [0.15, 0.2) is 18.2 Å². The van der Waals surface area contributed by atoms with Gasteiger partial charge in [0, 0.05) is 22.5 Å². The summed E-state index contributed by atoms with van der Waals surface area (Å²) in [5, 5.41) is 0.228. The quantitative estimate of drug-likeness (QED) is 0.397. The molecule has 0 N–H and O–H groups in total. The molecule has 1 nitrogen and oxygen atoms in total. The summed E-state index contributed by atoms with van der Waals surface area (Å²) >= 11 is 5.74. The highest BCUT2D eigenvalue weighted by Crippen LogP contribution is 2.31. The van der Waals surface area contributed by atoms with Crippen LogP contribution in [0.4, 0.5) is 4.39 Å². The molecule has 0 amide bonds. The van der Waals surface area contributed by atoms with E-state index in [0.29, 0.717) is 0 Å². The second-order valence-electron chi connectivity index (χ2n) is 7.02. The zero-order valence-electron chi connectivity index (χ0n) is 14.3. The number of ether oxygens (including phenoxy) is 1. The van der Waals surface area contributed by atoms with Gasteiger partial charge in [-0.05, 0) is 42.9 Å². The Labute approximate surface area is 147 Å². The minimum Gasteiger partial charge on any atom is -0.385 e. The lowest BCUT2D eigenvalue weighted by Gasteiger charge is -2.27. The first kappa shape index (κ1) is 18.9. The van der Waals surface area contributed by atoms with E-state index in [2.05, 4.69) is 0 Å². The van der Waals surface area contributed by atoms with Crippen molar-refractivity contribution in [3.05, 3.63) is 34.6 Å². The van der Waals surface area contributed by atoms with E-state index in [1.807, 2.05) is 6.07 Å². The van der Waals surface area contributed by atoms with Gasteiger partial charge in [-0.3, -0.25) is 0 Å². The topological polar surface area (TPSA) is 9.23 Å². The van der Waals surface area contributed by atoms with Gasteiger partial charge in [-0.15, -0.1) is 0 Å². The van der Waals surface area contributed by atoms with Crippen molar-refractivity contribution in [1.82, 2.24) is 0 Å². The number of halogens is 2. The van der Waals surface area contributed by atoms with E-state index in [-0.39, 0.29) is 10.8 Å². The molecule has 1 heterocycles. The molecule has 2 rings (SSSR count). The summed E-state index contributed by atoms with van der Waals surface area (Å²) in [5.74, 6) is 0.569. The van der Waals surface area contributed by atoms with Crippen LogP contribution < -0.4 is 0 Å². The van der Waals surface area contributed by atoms with Gasteiger partial charge in [-0.2, -0.15) is 0 Å². The van der Waals surface area contributed by atoms with Crippen molar-refractivity contribution in [3.8, 4) is 0 Å². The first-order chi connectivity index (χ1) is 11.2. The molecule has 1 fully saturated rings. The molecule has 0 aliphatic carbocycles. The van der Waals surface area contributed by atoms with Crippen molar-refractivity contribution in [2.75, 3.05) is 13.7 Å². The summed E-state index contributed by atoms with van der Waals surface area (Å²) in [7, 11) is 1.34. The Kier molecular flexibility index (Phi) is 8.63. The third-order valence-electron chi connectivity index (χ3n) is 5.25. The Hall–Kier alpha value is -0.383. The molecule has 1 aliphatic heterocycles. The Morgan fingerprint density at radius 1 is 1.22 bits per heavy atom. The van der Waals surface area contributed by atoms with Crippen molar-refractivity contribution in [3.63, 3.8) is 0 Å². The molecule has 0 spiro atoms. The van der Waals surface area contributed by atoms with E-state index in [4.69, 9.17) is 16.3 Å². The molecular weight excluding hydrogens is 327 g/mol. The lowest BCUT2D eigenvalue weighted by Crippen LogP contribution is -2.21. The summed E-state index contributed by atoms with van der Waals surface area (Å²) in [6.07, 6.45) is 8.98. The number of aryl methyl sites for hydroxylation is 1. The predicted molar refractivity (Wildman–Crippen MR) is 99.8 cm³/mol. The standard InChI is InChI=1S/C19H30ClFOSi/c1-22-11-3-2-4-12-23-13-9-16(10-14-23)5-6-17-7-8-18(20)19(21)15-17/h7-8,15-16,23H,2-6,9-14H2,1H3/t16-,23-. The molecule has 1 aliphatic rings. The van der Waals surface area contributed by atoms with Crippen LogP contribution in [0.5, 0.6) is 0 Å². The van der Waals surface area contributed by atoms with Crippen LogP contribution in [0.3, 0.4) is 0 Å². The smallest absolute Gasteiger partial charge is 0.142 e. The van der Waals surface area contributed by atoms with Gasteiger partial charge in [0.2, 0.25) is 0 Å². The lowest BCUT2D eigenvalue weighted by atomic mass is 9.94. The normalized spacial score (nSPS) is 21.5. The van der Waals surface area contributed by atoms with E-state index in [1.165, 1.54) is 56.7 Å². The maximum atomic E-state index is 13.5. The van der Waals surface area contributed by atoms with Crippen LogP contribution >= 0.6 is 11.6 Å². The molecule has 0 atom stereocenters. The number of methoxy groups -OCH3 is 1. The monoisotopic (exact) mass is 356 g/mol. The van der Waals surface area contributed by atoms with E-state index in [1.54, 1.807) is 19.2 Å². The van der Waals surface area contributed by atoms with Gasteiger partial charge in [-0.25, -0.2) is 4.39 Å². The molecule has 1 aromatic rings. The average Bonchev–Trinajstić information content (AvgIpc) is 2.57. The van der Waals surface area contributed by atoms with Gasteiger partial charge in [-0.1, -0.05) is 61.5 Å². The van der Waals surface area contributed by atoms with Crippen LogP contribution in [0, 0.1) is 11.7 Å². The summed E-state index contributed by atoms with van der Waals surface area (Å²) in [5.41, 5.74) is 1.09. The molecule has 0 bridgehead atoms. The van der Waals surface area contributed by atoms with E-state index < -0.39 is 8.80 Å². The maximum absolute atomic E-state index is 13.5. The molecule has 130 valence electrons. The van der Waals surface area contributed by atoms with Gasteiger partial charge in [0.1, 0.15) is 5.82 Å². The van der Waals surface area contributed by atoms with Crippen LogP contribution in [0.2, 0.25) is 23.2 Å². The molecule has 1 aromatic carbocycles. The summed E-state index contributed by atoms with van der Waals surface area (Å²) in [6, 6.07) is 9.81. The number of benzene rings is 1. The van der Waals surface area contributed by atoms with Gasteiger partial charge in [0.25, 0.3) is 0 Å². The number of hydrogen-bond acceptors (Lipinski definition) is 1. The fraction of sp³-hybridized carbons (Fsp3) is 0.684.